The number of aromatic nitrogens is 4. The Labute approximate surface area is 173 Å². The predicted molar refractivity (Wildman–Crippen MR) is 111 cm³/mol. The maximum absolute atomic E-state index is 12.4. The summed E-state index contributed by atoms with van der Waals surface area (Å²) < 4.78 is 9.35. The van der Waals surface area contributed by atoms with Crippen LogP contribution in [0.5, 0.6) is 5.75 Å². The lowest BCUT2D eigenvalue weighted by Crippen LogP contribution is -2.15. The van der Waals surface area contributed by atoms with Crippen LogP contribution in [-0.4, -0.2) is 38.1 Å². The second-order valence-electron chi connectivity index (χ2n) is 6.11. The minimum absolute atomic E-state index is 0.166. The van der Waals surface area contributed by atoms with Crippen molar-refractivity contribution in [3.05, 3.63) is 53.1 Å². The highest BCUT2D eigenvalue weighted by Gasteiger charge is 2.15. The smallest absolute Gasteiger partial charge is 0.234 e. The Kier molecular flexibility index (Phi) is 6.64. The van der Waals surface area contributed by atoms with Crippen LogP contribution < -0.4 is 10.1 Å². The van der Waals surface area contributed by atoms with Crippen molar-refractivity contribution in [1.82, 2.24) is 19.3 Å². The summed E-state index contributed by atoms with van der Waals surface area (Å²) in [5.41, 5.74) is 1.70. The number of thioether (sulfide) groups is 1. The average molecular weight is 420 g/mol. The van der Waals surface area contributed by atoms with Gasteiger partial charge in [0, 0.05) is 36.9 Å². The summed E-state index contributed by atoms with van der Waals surface area (Å²) in [5.74, 6) is 1.48. The highest BCUT2D eigenvalue weighted by atomic mass is 35.5. The van der Waals surface area contributed by atoms with Crippen molar-refractivity contribution in [1.29, 1.82) is 0 Å². The molecule has 9 heteroatoms. The van der Waals surface area contributed by atoms with Crippen molar-refractivity contribution in [2.75, 3.05) is 18.2 Å². The van der Waals surface area contributed by atoms with Crippen LogP contribution in [-0.2, 0) is 24.8 Å². The number of hydrogen-bond acceptors (Lipinski definition) is 5. The van der Waals surface area contributed by atoms with Crippen molar-refractivity contribution >= 4 is 35.0 Å². The summed E-state index contributed by atoms with van der Waals surface area (Å²) in [6, 6.07) is 9.16. The summed E-state index contributed by atoms with van der Waals surface area (Å²) >= 11 is 7.36. The topological polar surface area (TPSA) is 74.0 Å². The number of nitrogens with one attached hydrogen (secondary N) is 1. The van der Waals surface area contributed by atoms with Crippen LogP contribution >= 0.6 is 23.4 Å². The van der Waals surface area contributed by atoms with Crippen LogP contribution in [0.2, 0.25) is 5.02 Å². The van der Waals surface area contributed by atoms with Crippen LogP contribution in [0, 0.1) is 0 Å². The molecule has 3 aromatic rings. The third kappa shape index (κ3) is 4.69. The molecule has 0 fully saturated rings. The lowest BCUT2D eigenvalue weighted by Gasteiger charge is -2.11. The standard InChI is InChI=1S/C19H22ClN5O2S/c1-4-25-17(11-14-6-5-9-24(14)2)22-23-19(25)28-12-18(26)21-15-10-13(20)7-8-16(15)27-3/h5-10H,4,11-12H2,1-3H3,(H,21,26). The SMILES string of the molecule is CCn1c(Cc2cccn2C)nnc1SCC(=O)Nc1cc(Cl)ccc1OC. The van der Waals surface area contributed by atoms with E-state index in [9.17, 15) is 4.79 Å². The van der Waals surface area contributed by atoms with Gasteiger partial charge in [0.05, 0.1) is 18.6 Å². The Balaban J connectivity index is 1.65. The first-order valence-electron chi connectivity index (χ1n) is 8.80. The van der Waals surface area contributed by atoms with Gasteiger partial charge in [0.2, 0.25) is 5.91 Å². The van der Waals surface area contributed by atoms with Gasteiger partial charge in [0.25, 0.3) is 0 Å². The Morgan fingerprint density at radius 2 is 2.14 bits per heavy atom. The number of ether oxygens (including phenoxy) is 1. The van der Waals surface area contributed by atoms with Crippen molar-refractivity contribution in [2.24, 2.45) is 7.05 Å². The van der Waals surface area contributed by atoms with Crippen LogP contribution in [0.3, 0.4) is 0 Å². The minimum atomic E-state index is -0.166. The van der Waals surface area contributed by atoms with Crippen LogP contribution in [0.25, 0.3) is 0 Å². The highest BCUT2D eigenvalue weighted by molar-refractivity contribution is 7.99. The molecule has 0 saturated carbocycles. The van der Waals surface area contributed by atoms with E-state index in [1.807, 2.05) is 30.8 Å². The number of benzene rings is 1. The molecular formula is C19H22ClN5O2S. The lowest BCUT2D eigenvalue weighted by atomic mass is 10.3. The van der Waals surface area contributed by atoms with Crippen LogP contribution in [0.15, 0.2) is 41.7 Å². The van der Waals surface area contributed by atoms with E-state index in [1.54, 1.807) is 25.3 Å². The van der Waals surface area contributed by atoms with Gasteiger partial charge in [0.1, 0.15) is 11.6 Å². The third-order valence-electron chi connectivity index (χ3n) is 4.27. The molecule has 0 bridgehead atoms. The molecule has 0 unspecified atom stereocenters. The number of anilines is 1. The number of rotatable bonds is 8. The maximum Gasteiger partial charge on any atom is 0.234 e. The highest BCUT2D eigenvalue weighted by Crippen LogP contribution is 2.28. The molecule has 0 aliphatic rings. The normalized spacial score (nSPS) is 10.9. The number of halogens is 1. The number of aryl methyl sites for hydroxylation is 1. The zero-order valence-electron chi connectivity index (χ0n) is 16.0. The molecule has 148 valence electrons. The van der Waals surface area contributed by atoms with E-state index in [0.29, 0.717) is 22.9 Å². The van der Waals surface area contributed by atoms with Gasteiger partial charge in [0.15, 0.2) is 5.16 Å². The molecule has 7 nitrogen and oxygen atoms in total. The first-order chi connectivity index (χ1) is 13.5. The molecule has 0 aliphatic carbocycles. The van der Waals surface area contributed by atoms with E-state index in [4.69, 9.17) is 16.3 Å². The molecule has 28 heavy (non-hydrogen) atoms. The summed E-state index contributed by atoms with van der Waals surface area (Å²) in [5, 5.41) is 12.7. The molecule has 0 spiro atoms. The van der Waals surface area contributed by atoms with Crippen molar-refractivity contribution in [2.45, 2.75) is 25.0 Å². The lowest BCUT2D eigenvalue weighted by molar-refractivity contribution is -0.113. The fourth-order valence-corrected chi connectivity index (χ4v) is 3.80. The largest absolute Gasteiger partial charge is 0.495 e. The quantitative estimate of drug-likeness (QED) is 0.564. The van der Waals surface area contributed by atoms with E-state index in [-0.39, 0.29) is 11.7 Å². The van der Waals surface area contributed by atoms with E-state index in [0.717, 1.165) is 23.2 Å². The minimum Gasteiger partial charge on any atom is -0.495 e. The number of hydrogen-bond donors (Lipinski definition) is 1. The summed E-state index contributed by atoms with van der Waals surface area (Å²) in [6.45, 7) is 2.78. The van der Waals surface area contributed by atoms with Crippen LogP contribution in [0.1, 0.15) is 18.4 Å². The summed E-state index contributed by atoms with van der Waals surface area (Å²) in [7, 11) is 3.55. The van der Waals surface area contributed by atoms with E-state index >= 15 is 0 Å². The molecule has 1 amide bonds. The van der Waals surface area contributed by atoms with E-state index in [2.05, 4.69) is 26.1 Å². The van der Waals surface area contributed by atoms with Gasteiger partial charge >= 0.3 is 0 Å². The number of amides is 1. The number of carbonyl (C=O) groups is 1. The van der Waals surface area contributed by atoms with Gasteiger partial charge in [-0.15, -0.1) is 10.2 Å². The second kappa shape index (κ2) is 9.16. The zero-order chi connectivity index (χ0) is 20.1. The first-order valence-corrected chi connectivity index (χ1v) is 10.2. The van der Waals surface area contributed by atoms with E-state index in [1.165, 1.54) is 11.8 Å². The molecule has 1 N–H and O–H groups in total. The van der Waals surface area contributed by atoms with Gasteiger partial charge in [-0.05, 0) is 37.3 Å². The van der Waals surface area contributed by atoms with Crippen molar-refractivity contribution < 1.29 is 9.53 Å². The average Bonchev–Trinajstić information content (AvgIpc) is 3.26. The number of methoxy groups -OCH3 is 1. The number of carbonyl (C=O) groups excluding carboxylic acids is 1. The second-order valence-corrected chi connectivity index (χ2v) is 7.49. The molecule has 2 aromatic heterocycles. The van der Waals surface area contributed by atoms with Crippen LogP contribution in [0.4, 0.5) is 5.69 Å². The van der Waals surface area contributed by atoms with Gasteiger partial charge in [-0.1, -0.05) is 23.4 Å². The first kappa shape index (κ1) is 20.3. The summed E-state index contributed by atoms with van der Waals surface area (Å²) in [4.78, 5) is 12.4. The zero-order valence-corrected chi connectivity index (χ0v) is 17.5. The molecule has 0 saturated heterocycles. The fourth-order valence-electron chi connectivity index (χ4n) is 2.81. The molecule has 3 rings (SSSR count). The molecule has 0 atom stereocenters. The predicted octanol–water partition coefficient (Wildman–Crippen LogP) is 3.62. The van der Waals surface area contributed by atoms with Crippen molar-refractivity contribution in [3.63, 3.8) is 0 Å². The van der Waals surface area contributed by atoms with E-state index < -0.39 is 0 Å². The van der Waals surface area contributed by atoms with Gasteiger partial charge in [-0.3, -0.25) is 4.79 Å². The van der Waals surface area contributed by atoms with Gasteiger partial charge in [-0.25, -0.2) is 0 Å². The molecule has 0 aliphatic heterocycles. The molecule has 2 heterocycles. The fraction of sp³-hybridized carbons (Fsp3) is 0.316. The molecule has 0 radical (unpaired) electrons. The maximum atomic E-state index is 12.4. The van der Waals surface area contributed by atoms with Gasteiger partial charge < -0.3 is 19.2 Å². The Morgan fingerprint density at radius 1 is 1.32 bits per heavy atom. The Morgan fingerprint density at radius 3 is 2.82 bits per heavy atom. The van der Waals surface area contributed by atoms with Gasteiger partial charge in [-0.2, -0.15) is 0 Å². The third-order valence-corrected chi connectivity index (χ3v) is 5.47. The number of nitrogens with zero attached hydrogens (tertiary/aromatic N) is 4. The molecule has 1 aromatic carbocycles. The Bertz CT molecular complexity index is 969. The molecular weight excluding hydrogens is 398 g/mol. The van der Waals surface area contributed by atoms with Crippen molar-refractivity contribution in [3.8, 4) is 5.75 Å². The monoisotopic (exact) mass is 419 g/mol. The summed E-state index contributed by atoms with van der Waals surface area (Å²) in [6.07, 6.45) is 2.70. The Hall–Kier alpha value is -2.45.